The molecular weight excluding hydrogens is 362 g/mol. The Hall–Kier alpha value is -2.19. The van der Waals surface area contributed by atoms with Crippen LogP contribution in [0.3, 0.4) is 0 Å². The molecule has 1 aliphatic rings. The Labute approximate surface area is 151 Å². The van der Waals surface area contributed by atoms with Crippen LogP contribution in [-0.4, -0.2) is 46.0 Å². The summed E-state index contributed by atoms with van der Waals surface area (Å²) in [5.74, 6) is -0.678. The SMILES string of the molecule is COc1ccc(S(=O)(=O)N2CCN(c3c(F)cccc3F)CC2)cc1C. The molecule has 3 rings (SSSR count). The van der Waals surface area contributed by atoms with Gasteiger partial charge in [-0.1, -0.05) is 6.07 Å². The van der Waals surface area contributed by atoms with Crippen molar-refractivity contribution in [3.8, 4) is 5.75 Å². The zero-order chi connectivity index (χ0) is 18.9. The molecule has 1 heterocycles. The van der Waals surface area contributed by atoms with Crippen molar-refractivity contribution in [2.45, 2.75) is 11.8 Å². The number of piperazine rings is 1. The van der Waals surface area contributed by atoms with Gasteiger partial charge < -0.3 is 9.64 Å². The highest BCUT2D eigenvalue weighted by Gasteiger charge is 2.30. The predicted molar refractivity (Wildman–Crippen MR) is 95.1 cm³/mol. The second-order valence-corrected chi connectivity index (χ2v) is 8.03. The van der Waals surface area contributed by atoms with Crippen molar-refractivity contribution in [3.63, 3.8) is 0 Å². The Balaban J connectivity index is 1.78. The summed E-state index contributed by atoms with van der Waals surface area (Å²) in [5.41, 5.74) is 0.616. The number of ether oxygens (including phenoxy) is 1. The van der Waals surface area contributed by atoms with Crippen LogP contribution in [0, 0.1) is 18.6 Å². The number of nitrogens with zero attached hydrogens (tertiary/aromatic N) is 2. The summed E-state index contributed by atoms with van der Waals surface area (Å²) < 4.78 is 60.0. The Bertz CT molecular complexity index is 890. The van der Waals surface area contributed by atoms with Gasteiger partial charge in [-0.15, -0.1) is 0 Å². The number of benzene rings is 2. The third-order valence-corrected chi connectivity index (χ3v) is 6.39. The van der Waals surface area contributed by atoms with Gasteiger partial charge in [-0.2, -0.15) is 4.31 Å². The highest BCUT2D eigenvalue weighted by molar-refractivity contribution is 7.89. The Morgan fingerprint density at radius 3 is 2.15 bits per heavy atom. The quantitative estimate of drug-likeness (QED) is 0.816. The average Bonchev–Trinajstić information content (AvgIpc) is 2.62. The molecular formula is C18H20F2N2O3S. The van der Waals surface area contributed by atoms with Crippen LogP contribution in [0.2, 0.25) is 0 Å². The van der Waals surface area contributed by atoms with Gasteiger partial charge in [0.2, 0.25) is 10.0 Å². The van der Waals surface area contributed by atoms with Gasteiger partial charge in [0.15, 0.2) is 0 Å². The fourth-order valence-electron chi connectivity index (χ4n) is 3.10. The second kappa shape index (κ2) is 7.20. The average molecular weight is 382 g/mol. The Kier molecular flexibility index (Phi) is 5.15. The summed E-state index contributed by atoms with van der Waals surface area (Å²) in [7, 11) is -2.15. The number of sulfonamides is 1. The number of halogens is 2. The van der Waals surface area contributed by atoms with Crippen molar-refractivity contribution in [3.05, 3.63) is 53.6 Å². The molecule has 140 valence electrons. The summed E-state index contributed by atoms with van der Waals surface area (Å²) in [6, 6.07) is 8.39. The van der Waals surface area contributed by atoms with Crippen LogP contribution in [0.1, 0.15) is 5.56 Å². The van der Waals surface area contributed by atoms with Crippen LogP contribution >= 0.6 is 0 Å². The molecule has 1 fully saturated rings. The molecule has 5 nitrogen and oxygen atoms in total. The maximum Gasteiger partial charge on any atom is 0.243 e. The molecule has 0 aliphatic carbocycles. The number of anilines is 1. The molecule has 0 aromatic heterocycles. The van der Waals surface area contributed by atoms with E-state index in [2.05, 4.69) is 0 Å². The molecule has 2 aromatic rings. The highest BCUT2D eigenvalue weighted by Crippen LogP contribution is 2.27. The van der Waals surface area contributed by atoms with E-state index >= 15 is 0 Å². The predicted octanol–water partition coefficient (Wildman–Crippen LogP) is 2.79. The summed E-state index contributed by atoms with van der Waals surface area (Å²) in [6.07, 6.45) is 0. The van der Waals surface area contributed by atoms with Crippen LogP contribution in [0.15, 0.2) is 41.3 Å². The molecule has 0 radical (unpaired) electrons. The number of hydrogen-bond donors (Lipinski definition) is 0. The normalized spacial score (nSPS) is 15.9. The first kappa shape index (κ1) is 18.6. The summed E-state index contributed by atoms with van der Waals surface area (Å²) in [4.78, 5) is 1.72. The lowest BCUT2D eigenvalue weighted by molar-refractivity contribution is 0.380. The topological polar surface area (TPSA) is 49.9 Å². The van der Waals surface area contributed by atoms with Gasteiger partial charge in [-0.25, -0.2) is 17.2 Å². The molecule has 0 atom stereocenters. The molecule has 0 spiro atoms. The third-order valence-electron chi connectivity index (χ3n) is 4.50. The zero-order valence-electron chi connectivity index (χ0n) is 14.6. The minimum atomic E-state index is -3.67. The van der Waals surface area contributed by atoms with Crippen LogP contribution in [0.25, 0.3) is 0 Å². The van der Waals surface area contributed by atoms with Crippen LogP contribution in [0.5, 0.6) is 5.75 Å². The molecule has 0 saturated carbocycles. The molecule has 0 N–H and O–H groups in total. The lowest BCUT2D eigenvalue weighted by atomic mass is 10.2. The molecule has 1 aliphatic heterocycles. The molecule has 0 bridgehead atoms. The number of hydrogen-bond acceptors (Lipinski definition) is 4. The maximum absolute atomic E-state index is 13.9. The van der Waals surface area contributed by atoms with E-state index in [1.807, 2.05) is 0 Å². The number of rotatable bonds is 4. The van der Waals surface area contributed by atoms with E-state index in [0.29, 0.717) is 5.75 Å². The van der Waals surface area contributed by atoms with E-state index in [-0.39, 0.29) is 36.8 Å². The molecule has 2 aromatic carbocycles. The zero-order valence-corrected chi connectivity index (χ0v) is 15.4. The minimum Gasteiger partial charge on any atom is -0.496 e. The Morgan fingerprint density at radius 2 is 1.62 bits per heavy atom. The van der Waals surface area contributed by atoms with Gasteiger partial charge >= 0.3 is 0 Å². The first-order valence-corrected chi connectivity index (χ1v) is 9.62. The van der Waals surface area contributed by atoms with Crippen LogP contribution in [-0.2, 0) is 10.0 Å². The van der Waals surface area contributed by atoms with Crippen molar-refractivity contribution in [2.75, 3.05) is 38.2 Å². The van der Waals surface area contributed by atoms with Crippen molar-refractivity contribution < 1.29 is 21.9 Å². The van der Waals surface area contributed by atoms with Gasteiger partial charge in [0.1, 0.15) is 23.1 Å². The van der Waals surface area contributed by atoms with Crippen molar-refractivity contribution in [2.24, 2.45) is 0 Å². The van der Waals surface area contributed by atoms with Crippen LogP contribution in [0.4, 0.5) is 14.5 Å². The van der Waals surface area contributed by atoms with E-state index in [1.54, 1.807) is 19.1 Å². The van der Waals surface area contributed by atoms with E-state index in [9.17, 15) is 17.2 Å². The largest absolute Gasteiger partial charge is 0.496 e. The smallest absolute Gasteiger partial charge is 0.243 e. The number of methoxy groups -OCH3 is 1. The second-order valence-electron chi connectivity index (χ2n) is 6.09. The van der Waals surface area contributed by atoms with Gasteiger partial charge in [-0.3, -0.25) is 0 Å². The first-order chi connectivity index (χ1) is 12.3. The first-order valence-electron chi connectivity index (χ1n) is 8.18. The Morgan fingerprint density at radius 1 is 1.00 bits per heavy atom. The molecule has 8 heteroatoms. The highest BCUT2D eigenvalue weighted by atomic mass is 32.2. The fourth-order valence-corrected chi connectivity index (χ4v) is 4.61. The van der Waals surface area contributed by atoms with E-state index < -0.39 is 21.7 Å². The minimum absolute atomic E-state index is 0.107. The monoisotopic (exact) mass is 382 g/mol. The van der Waals surface area contributed by atoms with Crippen molar-refractivity contribution in [1.82, 2.24) is 4.31 Å². The van der Waals surface area contributed by atoms with Crippen molar-refractivity contribution in [1.29, 1.82) is 0 Å². The van der Waals surface area contributed by atoms with Gasteiger partial charge in [0.05, 0.1) is 12.0 Å². The summed E-state index contributed by atoms with van der Waals surface area (Å²) in [6.45, 7) is 2.51. The van der Waals surface area contributed by atoms with E-state index in [0.717, 1.165) is 5.56 Å². The van der Waals surface area contributed by atoms with E-state index in [4.69, 9.17) is 4.74 Å². The molecule has 0 unspecified atom stereocenters. The third kappa shape index (κ3) is 3.39. The van der Waals surface area contributed by atoms with Gasteiger partial charge in [0.25, 0.3) is 0 Å². The lowest BCUT2D eigenvalue weighted by Crippen LogP contribution is -2.49. The number of aryl methyl sites for hydroxylation is 1. The summed E-state index contributed by atoms with van der Waals surface area (Å²) >= 11 is 0. The number of para-hydroxylation sites is 1. The van der Waals surface area contributed by atoms with Gasteiger partial charge in [-0.05, 0) is 42.8 Å². The fraction of sp³-hybridized carbons (Fsp3) is 0.333. The van der Waals surface area contributed by atoms with Crippen LogP contribution < -0.4 is 9.64 Å². The van der Waals surface area contributed by atoms with E-state index in [1.165, 1.54) is 40.6 Å². The molecule has 0 amide bonds. The summed E-state index contributed by atoms with van der Waals surface area (Å²) in [5, 5.41) is 0. The molecule has 26 heavy (non-hydrogen) atoms. The standard InChI is InChI=1S/C18H20F2N2O3S/c1-13-12-14(6-7-17(13)25-2)26(23,24)22-10-8-21(9-11-22)18-15(19)4-3-5-16(18)20/h3-7,12H,8-11H2,1-2H3. The van der Waals surface area contributed by atoms with Crippen molar-refractivity contribution >= 4 is 15.7 Å². The van der Waals surface area contributed by atoms with Gasteiger partial charge in [0, 0.05) is 26.2 Å². The lowest BCUT2D eigenvalue weighted by Gasteiger charge is -2.35. The maximum atomic E-state index is 13.9. The molecule has 1 saturated heterocycles.